The van der Waals surface area contributed by atoms with Gasteiger partial charge in [0.2, 0.25) is 5.75 Å². The summed E-state index contributed by atoms with van der Waals surface area (Å²) in [5.74, 6) is 1.61. The fraction of sp³-hybridized carbons (Fsp3) is 0.474. The number of likely N-dealkylation sites (N-methyl/N-ethyl adjacent to an activating group) is 1. The number of ether oxygens (including phenoxy) is 3. The first-order chi connectivity index (χ1) is 12.6. The third-order valence-electron chi connectivity index (χ3n) is 4.35. The van der Waals surface area contributed by atoms with Crippen molar-refractivity contribution in [2.75, 3.05) is 41.0 Å². The number of rotatable bonds is 9. The number of nitrogens with zero attached hydrogens (tertiary/aromatic N) is 3. The Morgan fingerprint density at radius 2 is 1.62 bits per heavy atom. The van der Waals surface area contributed by atoms with E-state index >= 15 is 0 Å². The summed E-state index contributed by atoms with van der Waals surface area (Å²) in [6.45, 7) is 7.41. The predicted molar refractivity (Wildman–Crippen MR) is 101 cm³/mol. The summed E-state index contributed by atoms with van der Waals surface area (Å²) in [7, 11) is 4.70. The van der Waals surface area contributed by atoms with Gasteiger partial charge in [0, 0.05) is 18.2 Å². The van der Waals surface area contributed by atoms with E-state index in [4.69, 9.17) is 14.2 Å². The molecule has 2 aromatic rings. The zero-order valence-corrected chi connectivity index (χ0v) is 16.1. The first kappa shape index (κ1) is 19.8. The Morgan fingerprint density at radius 3 is 2.12 bits per heavy atom. The maximum Gasteiger partial charge on any atom is 0.266 e. The number of hydrogen-bond donors (Lipinski definition) is 0. The first-order valence-corrected chi connectivity index (χ1v) is 8.68. The van der Waals surface area contributed by atoms with Crippen molar-refractivity contribution < 1.29 is 14.2 Å². The fourth-order valence-corrected chi connectivity index (χ4v) is 2.77. The molecule has 0 spiro atoms. The maximum atomic E-state index is 12.2. The van der Waals surface area contributed by atoms with Gasteiger partial charge in [-0.15, -0.1) is 0 Å². The van der Waals surface area contributed by atoms with E-state index in [-0.39, 0.29) is 5.56 Å². The monoisotopic (exact) mass is 361 g/mol. The highest BCUT2D eigenvalue weighted by Gasteiger charge is 2.15. The zero-order valence-electron chi connectivity index (χ0n) is 16.1. The van der Waals surface area contributed by atoms with Crippen LogP contribution in [-0.4, -0.2) is 55.6 Å². The molecule has 0 N–H and O–H groups in total. The molecule has 7 nitrogen and oxygen atoms in total. The average Bonchev–Trinajstić information content (AvgIpc) is 2.68. The normalized spacial score (nSPS) is 10.8. The van der Waals surface area contributed by atoms with Crippen molar-refractivity contribution in [2.45, 2.75) is 20.4 Å². The van der Waals surface area contributed by atoms with E-state index in [1.807, 2.05) is 12.1 Å². The molecule has 2 rings (SSSR count). The third kappa shape index (κ3) is 4.35. The summed E-state index contributed by atoms with van der Waals surface area (Å²) in [5, 5.41) is 4.51. The molecule has 0 aliphatic heterocycles. The number of aromatic nitrogens is 2. The minimum absolute atomic E-state index is 0.117. The maximum absolute atomic E-state index is 12.2. The van der Waals surface area contributed by atoms with Crippen molar-refractivity contribution in [2.24, 2.45) is 0 Å². The second kappa shape index (κ2) is 9.24. The lowest BCUT2D eigenvalue weighted by atomic mass is 10.1. The van der Waals surface area contributed by atoms with Gasteiger partial charge >= 0.3 is 0 Å². The Morgan fingerprint density at radius 1 is 1.00 bits per heavy atom. The van der Waals surface area contributed by atoms with E-state index in [9.17, 15) is 4.79 Å². The molecule has 26 heavy (non-hydrogen) atoms. The van der Waals surface area contributed by atoms with Crippen LogP contribution in [0.4, 0.5) is 0 Å². The summed E-state index contributed by atoms with van der Waals surface area (Å²) in [6.07, 6.45) is 0. The van der Waals surface area contributed by atoms with Crippen molar-refractivity contribution >= 4 is 0 Å². The van der Waals surface area contributed by atoms with Crippen LogP contribution in [0.2, 0.25) is 0 Å². The standard InChI is InChI=1S/C19H27N3O4/c1-6-21(7-2)10-11-22-18(23)9-8-15(20-22)14-12-16(24-3)19(26-5)17(13-14)25-4/h8-9,12-13H,6-7,10-11H2,1-5H3. The van der Waals surface area contributed by atoms with Crippen molar-refractivity contribution in [1.29, 1.82) is 0 Å². The molecule has 0 atom stereocenters. The van der Waals surface area contributed by atoms with Crippen LogP contribution in [0.5, 0.6) is 17.2 Å². The van der Waals surface area contributed by atoms with Crippen LogP contribution in [0, 0.1) is 0 Å². The second-order valence-corrected chi connectivity index (χ2v) is 5.72. The van der Waals surface area contributed by atoms with Crippen molar-refractivity contribution in [3.8, 4) is 28.5 Å². The highest BCUT2D eigenvalue weighted by Crippen LogP contribution is 2.40. The molecule has 0 unspecified atom stereocenters. The van der Waals surface area contributed by atoms with Crippen LogP contribution < -0.4 is 19.8 Å². The van der Waals surface area contributed by atoms with Gasteiger partial charge in [-0.05, 0) is 31.3 Å². The molecule has 0 radical (unpaired) electrons. The molecule has 0 amide bonds. The largest absolute Gasteiger partial charge is 0.493 e. The van der Waals surface area contributed by atoms with Crippen LogP contribution in [-0.2, 0) is 6.54 Å². The van der Waals surface area contributed by atoms with Crippen molar-refractivity contribution in [3.05, 3.63) is 34.6 Å². The van der Waals surface area contributed by atoms with Gasteiger partial charge in [0.15, 0.2) is 11.5 Å². The van der Waals surface area contributed by atoms with Crippen LogP contribution >= 0.6 is 0 Å². The molecule has 142 valence electrons. The molecule has 1 aromatic heterocycles. The average molecular weight is 361 g/mol. The summed E-state index contributed by atoms with van der Waals surface area (Å²) in [5.41, 5.74) is 1.34. The lowest BCUT2D eigenvalue weighted by Crippen LogP contribution is -2.32. The quantitative estimate of drug-likeness (QED) is 0.683. The minimum atomic E-state index is -0.117. The Hall–Kier alpha value is -2.54. The fourth-order valence-electron chi connectivity index (χ4n) is 2.77. The highest BCUT2D eigenvalue weighted by atomic mass is 16.5. The molecular formula is C19H27N3O4. The van der Waals surface area contributed by atoms with Gasteiger partial charge in [-0.2, -0.15) is 5.10 Å². The van der Waals surface area contributed by atoms with E-state index in [2.05, 4.69) is 23.8 Å². The van der Waals surface area contributed by atoms with E-state index in [0.717, 1.165) is 25.2 Å². The van der Waals surface area contributed by atoms with Crippen molar-refractivity contribution in [3.63, 3.8) is 0 Å². The molecule has 1 heterocycles. The topological polar surface area (TPSA) is 65.8 Å². The number of benzene rings is 1. The van der Waals surface area contributed by atoms with Gasteiger partial charge < -0.3 is 19.1 Å². The summed E-state index contributed by atoms with van der Waals surface area (Å²) in [6, 6.07) is 6.89. The van der Waals surface area contributed by atoms with E-state index in [1.165, 1.54) is 10.7 Å². The van der Waals surface area contributed by atoms with Crippen LogP contribution in [0.3, 0.4) is 0 Å². The molecule has 0 fully saturated rings. The van der Waals surface area contributed by atoms with Crippen LogP contribution in [0.15, 0.2) is 29.1 Å². The molecule has 1 aromatic carbocycles. The van der Waals surface area contributed by atoms with E-state index < -0.39 is 0 Å². The summed E-state index contributed by atoms with van der Waals surface area (Å²) >= 11 is 0. The summed E-state index contributed by atoms with van der Waals surface area (Å²) in [4.78, 5) is 14.4. The molecule has 0 aliphatic rings. The van der Waals surface area contributed by atoms with Gasteiger partial charge in [0.05, 0.1) is 33.6 Å². The lowest BCUT2D eigenvalue weighted by molar-refractivity contribution is 0.283. The molecule has 0 saturated carbocycles. The minimum Gasteiger partial charge on any atom is -0.493 e. The molecule has 0 aliphatic carbocycles. The third-order valence-corrected chi connectivity index (χ3v) is 4.35. The smallest absolute Gasteiger partial charge is 0.266 e. The van der Waals surface area contributed by atoms with Gasteiger partial charge in [-0.1, -0.05) is 13.8 Å². The van der Waals surface area contributed by atoms with Crippen molar-refractivity contribution in [1.82, 2.24) is 14.7 Å². The van der Waals surface area contributed by atoms with E-state index in [0.29, 0.717) is 29.5 Å². The second-order valence-electron chi connectivity index (χ2n) is 5.72. The Labute approximate surface area is 154 Å². The zero-order chi connectivity index (χ0) is 19.1. The number of methoxy groups -OCH3 is 3. The van der Waals surface area contributed by atoms with Gasteiger partial charge in [0.1, 0.15) is 0 Å². The molecular weight excluding hydrogens is 334 g/mol. The summed E-state index contributed by atoms with van der Waals surface area (Å²) < 4.78 is 17.6. The molecule has 7 heteroatoms. The Balaban J connectivity index is 2.40. The van der Waals surface area contributed by atoms with Gasteiger partial charge in [-0.3, -0.25) is 4.79 Å². The van der Waals surface area contributed by atoms with Crippen LogP contribution in [0.1, 0.15) is 13.8 Å². The first-order valence-electron chi connectivity index (χ1n) is 8.68. The Kier molecular flexibility index (Phi) is 7.03. The van der Waals surface area contributed by atoms with Gasteiger partial charge in [0.25, 0.3) is 5.56 Å². The Bertz CT molecular complexity index is 760. The highest BCUT2D eigenvalue weighted by molar-refractivity contribution is 5.68. The molecule has 0 bridgehead atoms. The SMILES string of the molecule is CCN(CC)CCn1nc(-c2cc(OC)c(OC)c(OC)c2)ccc1=O. The lowest BCUT2D eigenvalue weighted by Gasteiger charge is -2.18. The van der Waals surface area contributed by atoms with Gasteiger partial charge in [-0.25, -0.2) is 4.68 Å². The van der Waals surface area contributed by atoms with E-state index in [1.54, 1.807) is 27.4 Å². The molecule has 0 saturated heterocycles. The predicted octanol–water partition coefficient (Wildman–Crippen LogP) is 2.28. The van der Waals surface area contributed by atoms with Crippen LogP contribution in [0.25, 0.3) is 11.3 Å². The number of hydrogen-bond acceptors (Lipinski definition) is 6.